The van der Waals surface area contributed by atoms with E-state index in [4.69, 9.17) is 0 Å². The Labute approximate surface area is 111 Å². The lowest BCUT2D eigenvalue weighted by Crippen LogP contribution is -2.07. The van der Waals surface area contributed by atoms with Gasteiger partial charge in [0.1, 0.15) is 10.8 Å². The van der Waals surface area contributed by atoms with Crippen LogP contribution in [0.3, 0.4) is 0 Å². The van der Waals surface area contributed by atoms with Gasteiger partial charge in [0.05, 0.1) is 6.04 Å². The van der Waals surface area contributed by atoms with Crippen LogP contribution in [0.15, 0.2) is 24.5 Å². The van der Waals surface area contributed by atoms with Gasteiger partial charge in [-0.2, -0.15) is 0 Å². The molecule has 1 atom stereocenters. The molecule has 2 rings (SSSR count). The van der Waals surface area contributed by atoms with E-state index in [0.717, 1.165) is 23.1 Å². The summed E-state index contributed by atoms with van der Waals surface area (Å²) < 4.78 is 0. The third kappa shape index (κ3) is 3.20. The number of anilines is 2. The van der Waals surface area contributed by atoms with Gasteiger partial charge in [0.15, 0.2) is 0 Å². The van der Waals surface area contributed by atoms with Gasteiger partial charge < -0.3 is 10.6 Å². The second kappa shape index (κ2) is 5.82. The maximum atomic E-state index is 4.40. The highest BCUT2D eigenvalue weighted by atomic mass is 32.1. The maximum Gasteiger partial charge on any atom is 0.127 e. The Morgan fingerprint density at radius 3 is 2.89 bits per heavy atom. The summed E-state index contributed by atoms with van der Waals surface area (Å²) in [5, 5.41) is 7.74. The highest BCUT2D eigenvalue weighted by Crippen LogP contribution is 2.23. The van der Waals surface area contributed by atoms with Crippen LogP contribution in [0.25, 0.3) is 0 Å². The quantitative estimate of drug-likeness (QED) is 0.866. The molecule has 0 aliphatic heterocycles. The molecular formula is C13H18N4S. The summed E-state index contributed by atoms with van der Waals surface area (Å²) in [6.45, 7) is 7.12. The molecule has 2 aromatic heterocycles. The highest BCUT2D eigenvalue weighted by molar-refractivity contribution is 7.11. The second-order valence-corrected chi connectivity index (χ2v) is 5.40. The standard InChI is InChI=1S/C13H18N4S/c1-4-14-12-7-11(5-6-15-12)17-10(3)13-16-8-9(2)18-13/h5-8,10H,4H2,1-3H3,(H2,14,15,17). The molecule has 2 heterocycles. The van der Waals surface area contributed by atoms with E-state index in [-0.39, 0.29) is 6.04 Å². The summed E-state index contributed by atoms with van der Waals surface area (Å²) in [4.78, 5) is 9.88. The van der Waals surface area contributed by atoms with Gasteiger partial charge in [-0.25, -0.2) is 9.97 Å². The number of pyridine rings is 1. The molecule has 0 spiro atoms. The molecule has 0 aliphatic rings. The minimum Gasteiger partial charge on any atom is -0.376 e. The molecular weight excluding hydrogens is 244 g/mol. The summed E-state index contributed by atoms with van der Waals surface area (Å²) in [6, 6.07) is 4.19. The van der Waals surface area contributed by atoms with Crippen molar-refractivity contribution in [1.82, 2.24) is 9.97 Å². The molecule has 0 fully saturated rings. The molecule has 2 N–H and O–H groups in total. The number of aromatic nitrogens is 2. The average molecular weight is 262 g/mol. The van der Waals surface area contributed by atoms with Crippen molar-refractivity contribution in [2.75, 3.05) is 17.2 Å². The molecule has 1 unspecified atom stereocenters. The minimum absolute atomic E-state index is 0.209. The molecule has 0 bridgehead atoms. The van der Waals surface area contributed by atoms with Gasteiger partial charge in [-0.15, -0.1) is 11.3 Å². The Morgan fingerprint density at radius 1 is 1.39 bits per heavy atom. The summed E-state index contributed by atoms with van der Waals surface area (Å²) in [5.74, 6) is 0.894. The molecule has 0 saturated heterocycles. The molecule has 0 radical (unpaired) electrons. The van der Waals surface area contributed by atoms with Crippen molar-refractivity contribution in [3.63, 3.8) is 0 Å². The van der Waals surface area contributed by atoms with Crippen molar-refractivity contribution in [1.29, 1.82) is 0 Å². The Morgan fingerprint density at radius 2 is 2.22 bits per heavy atom. The molecule has 4 nitrogen and oxygen atoms in total. The zero-order valence-corrected chi connectivity index (χ0v) is 11.7. The van der Waals surface area contributed by atoms with E-state index in [0.29, 0.717) is 0 Å². The maximum absolute atomic E-state index is 4.40. The van der Waals surface area contributed by atoms with E-state index in [1.165, 1.54) is 4.88 Å². The zero-order chi connectivity index (χ0) is 13.0. The summed E-state index contributed by atoms with van der Waals surface area (Å²) >= 11 is 1.72. The van der Waals surface area contributed by atoms with Crippen molar-refractivity contribution < 1.29 is 0 Å². The van der Waals surface area contributed by atoms with Gasteiger partial charge in [0.25, 0.3) is 0 Å². The lowest BCUT2D eigenvalue weighted by atomic mass is 10.3. The summed E-state index contributed by atoms with van der Waals surface area (Å²) in [7, 11) is 0. The molecule has 2 aromatic rings. The van der Waals surface area contributed by atoms with Gasteiger partial charge in [-0.3, -0.25) is 0 Å². The predicted molar refractivity (Wildman–Crippen MR) is 77.3 cm³/mol. The summed E-state index contributed by atoms with van der Waals surface area (Å²) in [5.41, 5.74) is 1.06. The van der Waals surface area contributed by atoms with Crippen LogP contribution < -0.4 is 10.6 Å². The van der Waals surface area contributed by atoms with Gasteiger partial charge in [-0.1, -0.05) is 0 Å². The van der Waals surface area contributed by atoms with Crippen LogP contribution in [-0.4, -0.2) is 16.5 Å². The molecule has 18 heavy (non-hydrogen) atoms. The lowest BCUT2D eigenvalue weighted by Gasteiger charge is -2.13. The van der Waals surface area contributed by atoms with E-state index in [2.05, 4.69) is 41.4 Å². The molecule has 96 valence electrons. The van der Waals surface area contributed by atoms with Gasteiger partial charge >= 0.3 is 0 Å². The highest BCUT2D eigenvalue weighted by Gasteiger charge is 2.09. The number of hydrogen-bond acceptors (Lipinski definition) is 5. The number of nitrogens with one attached hydrogen (secondary N) is 2. The van der Waals surface area contributed by atoms with Crippen LogP contribution >= 0.6 is 11.3 Å². The Hall–Kier alpha value is -1.62. The van der Waals surface area contributed by atoms with Gasteiger partial charge in [0, 0.05) is 35.6 Å². The number of rotatable bonds is 5. The second-order valence-electron chi connectivity index (χ2n) is 4.14. The van der Waals surface area contributed by atoms with Crippen LogP contribution in [0.2, 0.25) is 0 Å². The minimum atomic E-state index is 0.209. The Bertz CT molecular complexity index is 509. The number of hydrogen-bond donors (Lipinski definition) is 2. The average Bonchev–Trinajstić information content (AvgIpc) is 2.77. The van der Waals surface area contributed by atoms with Crippen LogP contribution in [0.5, 0.6) is 0 Å². The van der Waals surface area contributed by atoms with E-state index in [1.807, 2.05) is 18.3 Å². The first-order valence-corrected chi connectivity index (χ1v) is 6.89. The lowest BCUT2D eigenvalue weighted by molar-refractivity contribution is 0.869. The normalized spacial score (nSPS) is 12.2. The molecule has 0 aliphatic carbocycles. The Balaban J connectivity index is 2.06. The number of aryl methyl sites for hydroxylation is 1. The van der Waals surface area contributed by atoms with Crippen LogP contribution in [0.1, 0.15) is 29.8 Å². The Kier molecular flexibility index (Phi) is 4.15. The molecule has 0 amide bonds. The van der Waals surface area contributed by atoms with Crippen molar-refractivity contribution in [2.45, 2.75) is 26.8 Å². The topological polar surface area (TPSA) is 49.8 Å². The van der Waals surface area contributed by atoms with Crippen molar-refractivity contribution in [3.05, 3.63) is 34.4 Å². The van der Waals surface area contributed by atoms with E-state index in [9.17, 15) is 0 Å². The van der Waals surface area contributed by atoms with E-state index >= 15 is 0 Å². The van der Waals surface area contributed by atoms with E-state index in [1.54, 1.807) is 17.5 Å². The van der Waals surface area contributed by atoms with Gasteiger partial charge in [0.2, 0.25) is 0 Å². The SMILES string of the molecule is CCNc1cc(NC(C)c2ncc(C)s2)ccn1. The summed E-state index contributed by atoms with van der Waals surface area (Å²) in [6.07, 6.45) is 3.72. The zero-order valence-electron chi connectivity index (χ0n) is 10.9. The predicted octanol–water partition coefficient (Wildman–Crippen LogP) is 3.45. The third-order valence-corrected chi connectivity index (χ3v) is 3.61. The largest absolute Gasteiger partial charge is 0.376 e. The smallest absolute Gasteiger partial charge is 0.127 e. The van der Waals surface area contributed by atoms with Crippen molar-refractivity contribution in [2.24, 2.45) is 0 Å². The fraction of sp³-hybridized carbons (Fsp3) is 0.385. The first kappa shape index (κ1) is 12.8. The van der Waals surface area contributed by atoms with Crippen molar-refractivity contribution >= 4 is 22.8 Å². The molecule has 0 aromatic carbocycles. The van der Waals surface area contributed by atoms with Crippen LogP contribution in [0, 0.1) is 6.92 Å². The first-order chi connectivity index (χ1) is 8.69. The fourth-order valence-corrected chi connectivity index (χ4v) is 2.46. The number of nitrogens with zero attached hydrogens (tertiary/aromatic N) is 2. The monoisotopic (exact) mass is 262 g/mol. The number of thiazole rings is 1. The van der Waals surface area contributed by atoms with Gasteiger partial charge in [-0.05, 0) is 26.8 Å². The molecule has 0 saturated carbocycles. The molecule has 5 heteroatoms. The van der Waals surface area contributed by atoms with E-state index < -0.39 is 0 Å². The first-order valence-electron chi connectivity index (χ1n) is 6.08. The van der Waals surface area contributed by atoms with Crippen molar-refractivity contribution in [3.8, 4) is 0 Å². The van der Waals surface area contributed by atoms with Crippen LogP contribution in [-0.2, 0) is 0 Å². The van der Waals surface area contributed by atoms with Crippen LogP contribution in [0.4, 0.5) is 11.5 Å². The third-order valence-electron chi connectivity index (χ3n) is 2.51. The fourth-order valence-electron chi connectivity index (χ4n) is 1.68.